The van der Waals surface area contributed by atoms with Crippen molar-refractivity contribution < 1.29 is 0 Å². The highest BCUT2D eigenvalue weighted by atomic mass is 32.4. The molecule has 0 bridgehead atoms. The van der Waals surface area contributed by atoms with Crippen LogP contribution in [0.25, 0.3) is 0 Å². The minimum Gasteiger partial charge on any atom is -0.387 e. The summed E-state index contributed by atoms with van der Waals surface area (Å²) < 4.78 is 4.57. The lowest BCUT2D eigenvalue weighted by Gasteiger charge is -2.18. The van der Waals surface area contributed by atoms with E-state index in [0.29, 0.717) is 5.84 Å². The van der Waals surface area contributed by atoms with E-state index < -0.39 is 6.19 Å². The molecule has 0 fully saturated rings. The molecule has 2 aromatic rings. The Labute approximate surface area is 113 Å². The number of hydrogen-bond donors (Lipinski definition) is 1. The molecule has 0 aliphatic rings. The monoisotopic (exact) mass is 274 g/mol. The molecule has 0 aliphatic heterocycles. The van der Waals surface area contributed by atoms with Crippen molar-refractivity contribution in [3.8, 4) is 0 Å². The average molecular weight is 274 g/mol. The fourth-order valence-corrected chi connectivity index (χ4v) is 4.99. The molecule has 2 aromatic carbocycles. The maximum atomic E-state index is 5.85. The molecule has 2 N–H and O–H groups in total. The molecule has 0 unspecified atom stereocenters. The lowest BCUT2D eigenvalue weighted by Crippen LogP contribution is -2.17. The SMILES string of the molecule is C/C(N)=N\P(=S)(c1ccccc1)c1ccccc1. The molecule has 2 rings (SSSR count). The van der Waals surface area contributed by atoms with Crippen LogP contribution in [0.2, 0.25) is 0 Å². The van der Waals surface area contributed by atoms with Crippen molar-refractivity contribution in [3.05, 3.63) is 60.7 Å². The van der Waals surface area contributed by atoms with Crippen molar-refractivity contribution in [2.45, 2.75) is 6.92 Å². The van der Waals surface area contributed by atoms with Crippen molar-refractivity contribution >= 4 is 34.4 Å². The zero-order chi connectivity index (χ0) is 13.0. The molecule has 4 heteroatoms. The molecule has 0 aromatic heterocycles. The fraction of sp³-hybridized carbons (Fsp3) is 0.0714. The Bertz CT molecular complexity index is 546. The molecule has 0 amide bonds. The molecule has 0 radical (unpaired) electrons. The van der Waals surface area contributed by atoms with Gasteiger partial charge in [-0.2, -0.15) is 0 Å². The number of nitrogens with zero attached hydrogens (tertiary/aromatic N) is 1. The van der Waals surface area contributed by atoms with Crippen LogP contribution in [-0.2, 0) is 11.8 Å². The molecule has 0 atom stereocenters. The Kier molecular flexibility index (Phi) is 3.95. The molecule has 0 saturated carbocycles. The molecule has 0 saturated heterocycles. The normalized spacial score (nSPS) is 12.4. The number of amidine groups is 1. The van der Waals surface area contributed by atoms with Gasteiger partial charge in [0.05, 0.1) is 5.84 Å². The van der Waals surface area contributed by atoms with Crippen molar-refractivity contribution in [2.75, 3.05) is 0 Å². The molecule has 0 heterocycles. The van der Waals surface area contributed by atoms with Crippen molar-refractivity contribution in [1.29, 1.82) is 0 Å². The van der Waals surface area contributed by atoms with Crippen LogP contribution < -0.4 is 16.3 Å². The maximum Gasteiger partial charge on any atom is 0.114 e. The van der Waals surface area contributed by atoms with E-state index in [1.165, 1.54) is 0 Å². The van der Waals surface area contributed by atoms with Gasteiger partial charge in [-0.25, -0.2) is 4.76 Å². The van der Waals surface area contributed by atoms with E-state index in [1.54, 1.807) is 6.92 Å². The molecule has 0 aliphatic carbocycles. The zero-order valence-corrected chi connectivity index (χ0v) is 11.9. The fourth-order valence-electron chi connectivity index (χ4n) is 1.75. The van der Waals surface area contributed by atoms with Crippen LogP contribution >= 0.6 is 6.19 Å². The Morgan fingerprint density at radius 3 is 1.67 bits per heavy atom. The minimum atomic E-state index is -2.18. The summed E-state index contributed by atoms with van der Waals surface area (Å²) in [7, 11) is 0. The van der Waals surface area contributed by atoms with Crippen LogP contribution in [0.3, 0.4) is 0 Å². The molecular weight excluding hydrogens is 259 g/mol. The van der Waals surface area contributed by atoms with Crippen LogP contribution in [-0.4, -0.2) is 5.84 Å². The largest absolute Gasteiger partial charge is 0.387 e. The van der Waals surface area contributed by atoms with Gasteiger partial charge < -0.3 is 5.73 Å². The van der Waals surface area contributed by atoms with Gasteiger partial charge in [-0.05, 0) is 6.92 Å². The van der Waals surface area contributed by atoms with Crippen LogP contribution in [0, 0.1) is 0 Å². The second kappa shape index (κ2) is 5.47. The quantitative estimate of drug-likeness (QED) is 0.530. The summed E-state index contributed by atoms with van der Waals surface area (Å²) in [4.78, 5) is 0. The first-order valence-electron chi connectivity index (χ1n) is 5.66. The standard InChI is InChI=1S/C14H15N2PS/c1-12(15)16-17(18,13-8-4-2-5-9-13)14-10-6-3-7-11-14/h2-11H,1H3,(H2,15,16,18). The average Bonchev–Trinajstić information content (AvgIpc) is 2.40. The van der Waals surface area contributed by atoms with Gasteiger partial charge in [0.15, 0.2) is 0 Å². The summed E-state index contributed by atoms with van der Waals surface area (Å²) in [5.74, 6) is 0.533. The van der Waals surface area contributed by atoms with Gasteiger partial charge in [-0.1, -0.05) is 72.5 Å². The topological polar surface area (TPSA) is 38.4 Å². The van der Waals surface area contributed by atoms with Crippen LogP contribution in [0.1, 0.15) is 6.92 Å². The summed E-state index contributed by atoms with van der Waals surface area (Å²) in [5.41, 5.74) is 5.76. The van der Waals surface area contributed by atoms with E-state index >= 15 is 0 Å². The third-order valence-corrected chi connectivity index (χ3v) is 6.61. The smallest absolute Gasteiger partial charge is 0.114 e. The predicted molar refractivity (Wildman–Crippen MR) is 83.7 cm³/mol. The van der Waals surface area contributed by atoms with Crippen LogP contribution in [0.4, 0.5) is 0 Å². The highest BCUT2D eigenvalue weighted by Crippen LogP contribution is 2.45. The Balaban J connectivity index is 2.63. The first-order valence-corrected chi connectivity index (χ1v) is 8.42. The highest BCUT2D eigenvalue weighted by Gasteiger charge is 2.20. The highest BCUT2D eigenvalue weighted by molar-refractivity contribution is 8.21. The molecule has 0 spiro atoms. The van der Waals surface area contributed by atoms with E-state index in [9.17, 15) is 0 Å². The molecule has 92 valence electrons. The van der Waals surface area contributed by atoms with Crippen molar-refractivity contribution in [3.63, 3.8) is 0 Å². The minimum absolute atomic E-state index is 0.533. The molecule has 2 nitrogen and oxygen atoms in total. The first kappa shape index (κ1) is 13.0. The summed E-state index contributed by atoms with van der Waals surface area (Å²) in [6, 6.07) is 20.0. The zero-order valence-electron chi connectivity index (χ0n) is 10.2. The molecule has 18 heavy (non-hydrogen) atoms. The van der Waals surface area contributed by atoms with Crippen LogP contribution in [0.15, 0.2) is 65.4 Å². The lowest BCUT2D eigenvalue weighted by atomic mass is 10.4. The van der Waals surface area contributed by atoms with Gasteiger partial charge in [-0.3, -0.25) is 0 Å². The Morgan fingerprint density at radius 2 is 1.33 bits per heavy atom. The summed E-state index contributed by atoms with van der Waals surface area (Å²) in [6.45, 7) is 1.78. The van der Waals surface area contributed by atoms with Gasteiger partial charge in [0.2, 0.25) is 0 Å². The number of rotatable bonds is 3. The third-order valence-electron chi connectivity index (χ3n) is 2.51. The second-order valence-corrected chi connectivity index (χ2v) is 7.96. The third kappa shape index (κ3) is 2.69. The summed E-state index contributed by atoms with van der Waals surface area (Å²) in [6.07, 6.45) is -2.18. The van der Waals surface area contributed by atoms with E-state index in [2.05, 4.69) is 4.76 Å². The van der Waals surface area contributed by atoms with Gasteiger partial charge >= 0.3 is 0 Å². The van der Waals surface area contributed by atoms with Gasteiger partial charge in [0.1, 0.15) is 6.19 Å². The predicted octanol–water partition coefficient (Wildman–Crippen LogP) is 2.41. The summed E-state index contributed by atoms with van der Waals surface area (Å²) >= 11 is 5.85. The van der Waals surface area contributed by atoms with Gasteiger partial charge in [0.25, 0.3) is 0 Å². The number of hydrogen-bond acceptors (Lipinski definition) is 1. The van der Waals surface area contributed by atoms with Crippen molar-refractivity contribution in [2.24, 2.45) is 10.5 Å². The molecular formula is C14H15N2PS. The lowest BCUT2D eigenvalue weighted by molar-refractivity contribution is 1.58. The van der Waals surface area contributed by atoms with E-state index in [4.69, 9.17) is 17.5 Å². The van der Waals surface area contributed by atoms with Crippen molar-refractivity contribution in [1.82, 2.24) is 0 Å². The van der Waals surface area contributed by atoms with Crippen LogP contribution in [0.5, 0.6) is 0 Å². The van der Waals surface area contributed by atoms with Gasteiger partial charge in [-0.15, -0.1) is 0 Å². The second-order valence-electron chi connectivity index (χ2n) is 3.99. The Morgan fingerprint density at radius 1 is 0.944 bits per heavy atom. The van der Waals surface area contributed by atoms with E-state index in [-0.39, 0.29) is 0 Å². The van der Waals surface area contributed by atoms with E-state index in [0.717, 1.165) is 10.6 Å². The summed E-state index contributed by atoms with van der Waals surface area (Å²) in [5, 5.41) is 2.13. The van der Waals surface area contributed by atoms with Gasteiger partial charge in [0, 0.05) is 10.6 Å². The Hall–Kier alpha value is -1.44. The maximum absolute atomic E-state index is 5.85. The van der Waals surface area contributed by atoms with E-state index in [1.807, 2.05) is 60.7 Å². The first-order chi connectivity index (χ1) is 8.63. The number of benzene rings is 2. The number of nitrogens with two attached hydrogens (primary N) is 1.